The van der Waals surface area contributed by atoms with Gasteiger partial charge in [0.25, 0.3) is 5.92 Å². The van der Waals surface area contributed by atoms with Crippen molar-refractivity contribution in [3.8, 4) is 6.07 Å². The molecule has 0 bridgehead atoms. The second-order valence-electron chi connectivity index (χ2n) is 8.22. The van der Waals surface area contributed by atoms with Crippen molar-refractivity contribution in [1.82, 2.24) is 19.9 Å². The molecule has 1 N–H and O–H groups in total. The van der Waals surface area contributed by atoms with Crippen LogP contribution in [0.1, 0.15) is 36.4 Å². The van der Waals surface area contributed by atoms with Gasteiger partial charge in [0.2, 0.25) is 11.9 Å². The van der Waals surface area contributed by atoms with E-state index in [0.29, 0.717) is 18.7 Å². The first-order valence-corrected chi connectivity index (χ1v) is 10.5. The summed E-state index contributed by atoms with van der Waals surface area (Å²) < 4.78 is 66.8. The van der Waals surface area contributed by atoms with Crippen LogP contribution < -0.4 is 10.2 Å². The zero-order chi connectivity index (χ0) is 24.5. The van der Waals surface area contributed by atoms with Crippen LogP contribution in [-0.4, -0.2) is 57.9 Å². The van der Waals surface area contributed by atoms with Crippen LogP contribution in [0.15, 0.2) is 24.4 Å². The highest BCUT2D eigenvalue weighted by Crippen LogP contribution is 2.34. The van der Waals surface area contributed by atoms with Crippen molar-refractivity contribution in [2.45, 2.75) is 37.3 Å². The van der Waals surface area contributed by atoms with Crippen LogP contribution in [0.5, 0.6) is 0 Å². The Morgan fingerprint density at radius 1 is 1.24 bits per heavy atom. The molecule has 2 aromatic heterocycles. The smallest absolute Gasteiger partial charge is 0.341 e. The van der Waals surface area contributed by atoms with E-state index in [1.807, 2.05) is 6.07 Å². The Morgan fingerprint density at radius 3 is 2.71 bits per heavy atom. The molecule has 180 valence electrons. The van der Waals surface area contributed by atoms with Gasteiger partial charge in [-0.05, 0) is 18.6 Å². The van der Waals surface area contributed by atoms with E-state index < -0.39 is 24.2 Å². The van der Waals surface area contributed by atoms with Gasteiger partial charge in [-0.2, -0.15) is 23.4 Å². The molecule has 4 rings (SSSR count). The number of carbonyl (C=O) groups excluding carboxylic acids is 1. The lowest BCUT2D eigenvalue weighted by molar-refractivity contribution is -0.137. The number of hydrogen-bond donors (Lipinski definition) is 1. The third-order valence-corrected chi connectivity index (χ3v) is 5.72. The van der Waals surface area contributed by atoms with Gasteiger partial charge in [0.05, 0.1) is 23.9 Å². The number of aromatic nitrogens is 3. The lowest BCUT2D eigenvalue weighted by Gasteiger charge is -2.20. The molecule has 0 aliphatic carbocycles. The molecule has 2 fully saturated rings. The average molecular weight is 481 g/mol. The van der Waals surface area contributed by atoms with Gasteiger partial charge in [0, 0.05) is 44.2 Å². The summed E-state index contributed by atoms with van der Waals surface area (Å²) in [6, 6.07) is 4.99. The Labute approximate surface area is 191 Å². The summed E-state index contributed by atoms with van der Waals surface area (Å²) in [6.07, 6.45) is -3.64. The number of likely N-dealkylation sites (tertiary alicyclic amines) is 1. The summed E-state index contributed by atoms with van der Waals surface area (Å²) in [5.41, 5.74) is -0.442. The van der Waals surface area contributed by atoms with Gasteiger partial charge in [-0.25, -0.2) is 18.7 Å². The van der Waals surface area contributed by atoms with Gasteiger partial charge in [-0.15, -0.1) is 0 Å². The van der Waals surface area contributed by atoms with E-state index in [0.717, 1.165) is 18.3 Å². The van der Waals surface area contributed by atoms with Crippen LogP contribution in [0, 0.1) is 11.3 Å². The number of pyridine rings is 1. The first-order chi connectivity index (χ1) is 16.0. The molecule has 2 aliphatic rings. The third-order valence-electron chi connectivity index (χ3n) is 5.72. The largest absolute Gasteiger partial charge is 0.416 e. The molecule has 13 heteroatoms. The fourth-order valence-electron chi connectivity index (χ4n) is 3.99. The normalized spacial score (nSPS) is 19.8. The average Bonchev–Trinajstić information content (AvgIpc) is 3.40. The minimum absolute atomic E-state index is 0.0194. The number of anilines is 3. The minimum Gasteiger partial charge on any atom is -0.341 e. The van der Waals surface area contributed by atoms with Crippen molar-refractivity contribution in [3.63, 3.8) is 0 Å². The number of nitrogens with one attached hydrogen (secondary N) is 1. The monoisotopic (exact) mass is 481 g/mol. The molecule has 8 nitrogen and oxygen atoms in total. The highest BCUT2D eigenvalue weighted by molar-refractivity contribution is 5.78. The molecule has 1 atom stereocenters. The van der Waals surface area contributed by atoms with Crippen molar-refractivity contribution in [2.75, 3.05) is 36.4 Å². The number of alkyl halides is 5. The summed E-state index contributed by atoms with van der Waals surface area (Å²) in [5.74, 6) is -3.46. The molecule has 4 heterocycles. The Kier molecular flexibility index (Phi) is 6.24. The van der Waals surface area contributed by atoms with Gasteiger partial charge in [-0.1, -0.05) is 0 Å². The van der Waals surface area contributed by atoms with E-state index in [1.54, 1.807) is 0 Å². The topological polar surface area (TPSA) is 98.0 Å². The van der Waals surface area contributed by atoms with Gasteiger partial charge in [0.1, 0.15) is 18.1 Å². The molecule has 1 amide bonds. The third kappa shape index (κ3) is 5.32. The van der Waals surface area contributed by atoms with Gasteiger partial charge in [-0.3, -0.25) is 4.79 Å². The predicted molar refractivity (Wildman–Crippen MR) is 110 cm³/mol. The highest BCUT2D eigenvalue weighted by Gasteiger charge is 2.40. The lowest BCUT2D eigenvalue weighted by atomic mass is 10.0. The van der Waals surface area contributed by atoms with Crippen molar-refractivity contribution in [3.05, 3.63) is 35.7 Å². The Hall–Kier alpha value is -3.56. The molecule has 0 spiro atoms. The Bertz CT molecular complexity index is 1120. The Morgan fingerprint density at radius 2 is 2.03 bits per heavy atom. The molecule has 1 unspecified atom stereocenters. The van der Waals surface area contributed by atoms with Crippen LogP contribution in [0.3, 0.4) is 0 Å². The van der Waals surface area contributed by atoms with Crippen LogP contribution in [0.25, 0.3) is 0 Å². The van der Waals surface area contributed by atoms with E-state index in [4.69, 9.17) is 5.26 Å². The molecular weight excluding hydrogens is 461 g/mol. The van der Waals surface area contributed by atoms with Crippen LogP contribution in [0.2, 0.25) is 0 Å². The predicted octanol–water partition coefficient (Wildman–Crippen LogP) is 3.71. The Balaban J connectivity index is 1.63. The first-order valence-electron chi connectivity index (χ1n) is 10.5. The molecule has 0 radical (unpaired) electrons. The first kappa shape index (κ1) is 23.6. The maximum atomic E-state index is 13.8. The van der Waals surface area contributed by atoms with Crippen LogP contribution in [0.4, 0.5) is 39.5 Å². The fourth-order valence-corrected chi connectivity index (χ4v) is 3.99. The molecule has 2 saturated heterocycles. The second kappa shape index (κ2) is 9.00. The minimum atomic E-state index is -4.56. The van der Waals surface area contributed by atoms with E-state index >= 15 is 0 Å². The zero-order valence-corrected chi connectivity index (χ0v) is 17.8. The second-order valence-corrected chi connectivity index (χ2v) is 8.22. The van der Waals surface area contributed by atoms with Gasteiger partial charge >= 0.3 is 6.18 Å². The lowest BCUT2D eigenvalue weighted by Crippen LogP contribution is -2.28. The van der Waals surface area contributed by atoms with Crippen molar-refractivity contribution in [2.24, 2.45) is 0 Å². The van der Waals surface area contributed by atoms with E-state index in [9.17, 15) is 26.7 Å². The SMILES string of the molecule is N#CCC(=O)N1CCC(c2cc(Nc3cc(C(F)(F)F)ccn3)nc(N3CCC(F)(F)C3)n2)C1. The molecule has 2 aliphatic heterocycles. The van der Waals surface area contributed by atoms with E-state index in [-0.39, 0.29) is 55.3 Å². The van der Waals surface area contributed by atoms with Gasteiger partial charge < -0.3 is 15.1 Å². The van der Waals surface area contributed by atoms with Crippen LogP contribution >= 0.6 is 0 Å². The summed E-state index contributed by atoms with van der Waals surface area (Å²) in [6.45, 7) is 0.142. The van der Waals surface area contributed by atoms with Crippen molar-refractivity contribution < 1.29 is 26.7 Å². The van der Waals surface area contributed by atoms with Crippen molar-refractivity contribution >= 4 is 23.5 Å². The molecule has 34 heavy (non-hydrogen) atoms. The number of rotatable bonds is 5. The number of halogens is 5. The molecule has 0 saturated carbocycles. The maximum Gasteiger partial charge on any atom is 0.416 e. The van der Waals surface area contributed by atoms with Gasteiger partial charge in [0.15, 0.2) is 0 Å². The summed E-state index contributed by atoms with van der Waals surface area (Å²) in [7, 11) is 0. The molecular formula is C21H20F5N7O. The van der Waals surface area contributed by atoms with E-state index in [2.05, 4.69) is 20.3 Å². The summed E-state index contributed by atoms with van der Waals surface area (Å²) >= 11 is 0. The summed E-state index contributed by atoms with van der Waals surface area (Å²) in [4.78, 5) is 27.5. The number of amides is 1. The fraction of sp³-hybridized carbons (Fsp3) is 0.476. The quantitative estimate of drug-likeness (QED) is 0.651. The van der Waals surface area contributed by atoms with Crippen LogP contribution in [-0.2, 0) is 11.0 Å². The number of hydrogen-bond acceptors (Lipinski definition) is 7. The zero-order valence-electron chi connectivity index (χ0n) is 17.8. The highest BCUT2D eigenvalue weighted by atomic mass is 19.4. The maximum absolute atomic E-state index is 13.8. The van der Waals surface area contributed by atoms with Crippen molar-refractivity contribution in [1.29, 1.82) is 5.26 Å². The standard InChI is InChI=1S/C21H20F5N7O/c22-20(23)4-8-33(12-20)19-29-15(13-3-7-32(11-13)18(34)1-5-27)10-17(31-19)30-16-9-14(2-6-28-16)21(24,25)26/h2,6,9-10,13H,1,3-4,7-8,11-12H2,(H,28,29,30,31). The molecule has 2 aromatic rings. The van der Waals surface area contributed by atoms with E-state index in [1.165, 1.54) is 15.9 Å². The number of carbonyl (C=O) groups is 1. The number of nitrogens with zero attached hydrogens (tertiary/aromatic N) is 6. The molecule has 0 aromatic carbocycles. The summed E-state index contributed by atoms with van der Waals surface area (Å²) in [5, 5.41) is 11.5. The number of nitriles is 1.